The molecule has 3 N–H and O–H groups in total. The van der Waals surface area contributed by atoms with Crippen LogP contribution in [-0.2, 0) is 13.0 Å². The van der Waals surface area contributed by atoms with Crippen LogP contribution in [0.3, 0.4) is 0 Å². The molecule has 6 heteroatoms. The van der Waals surface area contributed by atoms with E-state index in [1.807, 2.05) is 24.3 Å². The summed E-state index contributed by atoms with van der Waals surface area (Å²) in [5, 5.41) is 15.6. The largest absolute Gasteiger partial charge is 0.469 e. The molecular formula is C20H28BrN3O2. The summed E-state index contributed by atoms with van der Waals surface area (Å²) in [5.41, 5.74) is 1.17. The van der Waals surface area contributed by atoms with Crippen LogP contribution < -0.4 is 10.6 Å². The molecule has 0 radical (unpaired) electrons. The van der Waals surface area contributed by atoms with Crippen molar-refractivity contribution >= 4 is 21.9 Å². The monoisotopic (exact) mass is 421 g/mol. The van der Waals surface area contributed by atoms with Gasteiger partial charge < -0.3 is 20.2 Å². The summed E-state index contributed by atoms with van der Waals surface area (Å²) in [4.78, 5) is 4.68. The van der Waals surface area contributed by atoms with E-state index in [1.54, 1.807) is 6.26 Å². The van der Waals surface area contributed by atoms with Gasteiger partial charge in [-0.25, -0.2) is 4.99 Å². The van der Waals surface area contributed by atoms with Crippen molar-refractivity contribution < 1.29 is 9.52 Å². The first-order valence-corrected chi connectivity index (χ1v) is 9.97. The van der Waals surface area contributed by atoms with Gasteiger partial charge in [0.1, 0.15) is 5.76 Å². The van der Waals surface area contributed by atoms with Gasteiger partial charge >= 0.3 is 0 Å². The molecular weight excluding hydrogens is 394 g/mol. The number of aliphatic hydroxyl groups excluding tert-OH is 1. The number of aliphatic hydroxyl groups is 1. The Morgan fingerprint density at radius 2 is 1.77 bits per heavy atom. The number of unbranched alkanes of at least 4 members (excludes halogenated alkanes) is 3. The van der Waals surface area contributed by atoms with Crippen molar-refractivity contribution in [3.05, 3.63) is 58.5 Å². The molecule has 0 saturated carbocycles. The van der Waals surface area contributed by atoms with Gasteiger partial charge in [-0.05, 0) is 42.7 Å². The Bertz CT molecular complexity index is 627. The van der Waals surface area contributed by atoms with Crippen LogP contribution in [0.2, 0.25) is 0 Å². The predicted octanol–water partition coefficient (Wildman–Crippen LogP) is 3.87. The van der Waals surface area contributed by atoms with Crippen LogP contribution in [0.15, 0.2) is 56.5 Å². The fourth-order valence-corrected chi connectivity index (χ4v) is 2.75. The van der Waals surface area contributed by atoms with E-state index in [9.17, 15) is 0 Å². The fourth-order valence-electron chi connectivity index (χ4n) is 2.49. The molecule has 1 heterocycles. The third-order valence-corrected chi connectivity index (χ3v) is 4.48. The van der Waals surface area contributed by atoms with E-state index in [2.05, 4.69) is 43.7 Å². The molecule has 0 aliphatic carbocycles. The summed E-state index contributed by atoms with van der Waals surface area (Å²) in [5.74, 6) is 1.79. The number of benzene rings is 1. The van der Waals surface area contributed by atoms with Crippen molar-refractivity contribution in [2.45, 2.75) is 38.6 Å². The Hall–Kier alpha value is -1.79. The van der Waals surface area contributed by atoms with Gasteiger partial charge in [0.15, 0.2) is 5.96 Å². The zero-order valence-electron chi connectivity index (χ0n) is 15.1. The second-order valence-corrected chi connectivity index (χ2v) is 7.03. The smallest absolute Gasteiger partial charge is 0.191 e. The summed E-state index contributed by atoms with van der Waals surface area (Å²) < 4.78 is 6.44. The van der Waals surface area contributed by atoms with E-state index < -0.39 is 0 Å². The molecule has 1 aromatic heterocycles. The Morgan fingerprint density at radius 1 is 1.00 bits per heavy atom. The number of nitrogens with zero attached hydrogens (tertiary/aromatic N) is 1. The lowest BCUT2D eigenvalue weighted by Gasteiger charge is -2.12. The lowest BCUT2D eigenvalue weighted by molar-refractivity contribution is 0.282. The van der Waals surface area contributed by atoms with E-state index in [4.69, 9.17) is 9.52 Å². The van der Waals surface area contributed by atoms with Crippen LogP contribution in [-0.4, -0.2) is 30.8 Å². The zero-order valence-corrected chi connectivity index (χ0v) is 16.7. The van der Waals surface area contributed by atoms with Gasteiger partial charge in [-0.2, -0.15) is 0 Å². The Balaban J connectivity index is 1.80. The molecule has 0 spiro atoms. The van der Waals surface area contributed by atoms with Crippen molar-refractivity contribution in [1.29, 1.82) is 0 Å². The highest BCUT2D eigenvalue weighted by Crippen LogP contribution is 2.11. The molecule has 0 atom stereocenters. The molecule has 0 amide bonds. The summed E-state index contributed by atoms with van der Waals surface area (Å²) in [6.07, 6.45) is 6.64. The van der Waals surface area contributed by atoms with Gasteiger partial charge in [0.05, 0.1) is 12.8 Å². The van der Waals surface area contributed by atoms with E-state index in [0.29, 0.717) is 6.54 Å². The highest BCUT2D eigenvalue weighted by atomic mass is 79.9. The molecule has 26 heavy (non-hydrogen) atoms. The normalized spacial score (nSPS) is 11.5. The standard InChI is InChI=1S/C20H28BrN3O2/c21-18-9-7-17(8-10-18)16-24-20(22-12-3-1-2-4-14-25)23-13-11-19-6-5-15-26-19/h5-10,15,25H,1-4,11-14,16H2,(H2,22,23,24). The molecule has 1 aromatic carbocycles. The Morgan fingerprint density at radius 3 is 2.50 bits per heavy atom. The SMILES string of the molecule is OCCCCCCNC(=NCc1ccc(Br)cc1)NCCc1ccco1. The van der Waals surface area contributed by atoms with Gasteiger partial charge in [0, 0.05) is 30.6 Å². The molecule has 0 bridgehead atoms. The summed E-state index contributed by atoms with van der Waals surface area (Å²) in [7, 11) is 0. The van der Waals surface area contributed by atoms with Crippen LogP contribution in [0.5, 0.6) is 0 Å². The van der Waals surface area contributed by atoms with E-state index >= 15 is 0 Å². The molecule has 5 nitrogen and oxygen atoms in total. The number of hydrogen-bond acceptors (Lipinski definition) is 3. The highest BCUT2D eigenvalue weighted by Gasteiger charge is 2.01. The van der Waals surface area contributed by atoms with E-state index in [-0.39, 0.29) is 6.61 Å². The number of halogens is 1. The number of hydrogen-bond donors (Lipinski definition) is 3. The van der Waals surface area contributed by atoms with Crippen LogP contribution in [0, 0.1) is 0 Å². The van der Waals surface area contributed by atoms with Gasteiger partial charge in [0.2, 0.25) is 0 Å². The van der Waals surface area contributed by atoms with Gasteiger partial charge in [-0.15, -0.1) is 0 Å². The number of nitrogens with one attached hydrogen (secondary N) is 2. The predicted molar refractivity (Wildman–Crippen MR) is 109 cm³/mol. The number of guanidine groups is 1. The van der Waals surface area contributed by atoms with Crippen molar-refractivity contribution in [3.8, 4) is 0 Å². The maximum Gasteiger partial charge on any atom is 0.191 e. The van der Waals surface area contributed by atoms with Crippen molar-refractivity contribution in [2.75, 3.05) is 19.7 Å². The maximum absolute atomic E-state index is 8.83. The lowest BCUT2D eigenvalue weighted by Crippen LogP contribution is -2.39. The summed E-state index contributed by atoms with van der Waals surface area (Å²) in [6.45, 7) is 2.55. The summed E-state index contributed by atoms with van der Waals surface area (Å²) in [6, 6.07) is 12.1. The van der Waals surface area contributed by atoms with Gasteiger partial charge in [-0.1, -0.05) is 40.9 Å². The minimum atomic E-state index is 0.279. The van der Waals surface area contributed by atoms with E-state index in [1.165, 1.54) is 5.56 Å². The maximum atomic E-state index is 8.83. The number of furan rings is 1. The molecule has 0 unspecified atom stereocenters. The van der Waals surface area contributed by atoms with Crippen LogP contribution >= 0.6 is 15.9 Å². The minimum Gasteiger partial charge on any atom is -0.469 e. The first kappa shape index (κ1) is 20.5. The molecule has 0 aliphatic rings. The molecule has 0 saturated heterocycles. The first-order valence-electron chi connectivity index (χ1n) is 9.18. The summed E-state index contributed by atoms with van der Waals surface area (Å²) >= 11 is 3.45. The minimum absolute atomic E-state index is 0.279. The fraction of sp³-hybridized carbons (Fsp3) is 0.450. The molecule has 0 aliphatic heterocycles. The van der Waals surface area contributed by atoms with Crippen molar-refractivity contribution in [2.24, 2.45) is 4.99 Å². The third-order valence-electron chi connectivity index (χ3n) is 3.95. The van der Waals surface area contributed by atoms with Crippen LogP contribution in [0.4, 0.5) is 0 Å². The zero-order chi connectivity index (χ0) is 18.5. The second kappa shape index (κ2) is 12.5. The third kappa shape index (κ3) is 8.54. The van der Waals surface area contributed by atoms with E-state index in [0.717, 1.165) is 61.4 Å². The first-order chi connectivity index (χ1) is 12.8. The Kier molecular flexibility index (Phi) is 9.90. The quantitative estimate of drug-likeness (QED) is 0.292. The number of aliphatic imine (C=N–C) groups is 1. The lowest BCUT2D eigenvalue weighted by atomic mass is 10.2. The molecule has 2 rings (SSSR count). The Labute approximate surface area is 164 Å². The van der Waals surface area contributed by atoms with Crippen LogP contribution in [0.25, 0.3) is 0 Å². The van der Waals surface area contributed by atoms with Crippen molar-refractivity contribution in [3.63, 3.8) is 0 Å². The molecule has 142 valence electrons. The highest BCUT2D eigenvalue weighted by molar-refractivity contribution is 9.10. The average molecular weight is 422 g/mol. The molecule has 0 fully saturated rings. The van der Waals surface area contributed by atoms with Gasteiger partial charge in [-0.3, -0.25) is 0 Å². The molecule has 2 aromatic rings. The second-order valence-electron chi connectivity index (χ2n) is 6.11. The van der Waals surface area contributed by atoms with Crippen molar-refractivity contribution in [1.82, 2.24) is 10.6 Å². The van der Waals surface area contributed by atoms with Crippen LogP contribution in [0.1, 0.15) is 37.0 Å². The topological polar surface area (TPSA) is 69.8 Å². The van der Waals surface area contributed by atoms with Gasteiger partial charge in [0.25, 0.3) is 0 Å². The number of rotatable bonds is 11. The average Bonchev–Trinajstić information content (AvgIpc) is 3.16.